The van der Waals surface area contributed by atoms with Crippen molar-refractivity contribution in [3.63, 3.8) is 0 Å². The average molecular weight is 264 g/mol. The maximum Gasteiger partial charge on any atom is 0.0738 e. The lowest BCUT2D eigenvalue weighted by atomic mass is 9.86. The van der Waals surface area contributed by atoms with Gasteiger partial charge in [0.1, 0.15) is 0 Å². The molecule has 0 saturated carbocycles. The summed E-state index contributed by atoms with van der Waals surface area (Å²) in [4.78, 5) is 5.24. The second-order valence-corrected chi connectivity index (χ2v) is 8.16. The van der Waals surface area contributed by atoms with Crippen molar-refractivity contribution in [2.45, 2.75) is 84.5 Å². The molecular formula is C17H32N2. The van der Waals surface area contributed by atoms with Crippen LogP contribution >= 0.6 is 0 Å². The molecule has 0 aliphatic carbocycles. The summed E-state index contributed by atoms with van der Waals surface area (Å²) in [5.74, 6) is 0.622. The van der Waals surface area contributed by atoms with Crippen LogP contribution in [-0.4, -0.2) is 39.0 Å². The fourth-order valence-corrected chi connectivity index (χ4v) is 3.95. The maximum absolute atomic E-state index is 4.50. The highest BCUT2D eigenvalue weighted by Crippen LogP contribution is 2.55. The molecule has 0 bridgehead atoms. The Kier molecular flexibility index (Phi) is 3.14. The first kappa shape index (κ1) is 14.9. The molecule has 110 valence electrons. The van der Waals surface area contributed by atoms with Gasteiger partial charge in [0.05, 0.1) is 5.54 Å². The minimum absolute atomic E-state index is 0.159. The van der Waals surface area contributed by atoms with E-state index in [4.69, 9.17) is 0 Å². The molecule has 0 radical (unpaired) electrons. The summed E-state index contributed by atoms with van der Waals surface area (Å²) in [5.41, 5.74) is 1.93. The third-order valence-corrected chi connectivity index (χ3v) is 6.25. The Bertz CT molecular complexity index is 394. The SMILES string of the molecule is C=C1N(C(C)(C)C(C)C)CCC(C)(C)N2C(C)C12C. The van der Waals surface area contributed by atoms with Gasteiger partial charge in [-0.1, -0.05) is 20.4 Å². The molecule has 2 heterocycles. The van der Waals surface area contributed by atoms with E-state index in [2.05, 4.69) is 71.8 Å². The van der Waals surface area contributed by atoms with Gasteiger partial charge < -0.3 is 4.90 Å². The van der Waals surface area contributed by atoms with Crippen LogP contribution in [0, 0.1) is 5.92 Å². The lowest BCUT2D eigenvalue weighted by molar-refractivity contribution is 0.104. The highest BCUT2D eigenvalue weighted by Gasteiger charge is 2.66. The van der Waals surface area contributed by atoms with Gasteiger partial charge in [-0.25, -0.2) is 0 Å². The second-order valence-electron chi connectivity index (χ2n) is 8.16. The molecule has 2 rings (SSSR count). The van der Waals surface area contributed by atoms with Crippen molar-refractivity contribution in [3.8, 4) is 0 Å². The van der Waals surface area contributed by atoms with Gasteiger partial charge in [0, 0.05) is 29.4 Å². The first-order chi connectivity index (χ1) is 8.47. The smallest absolute Gasteiger partial charge is 0.0738 e. The van der Waals surface area contributed by atoms with Crippen molar-refractivity contribution >= 4 is 0 Å². The quantitative estimate of drug-likeness (QED) is 0.698. The van der Waals surface area contributed by atoms with E-state index in [0.717, 1.165) is 6.54 Å². The van der Waals surface area contributed by atoms with Gasteiger partial charge >= 0.3 is 0 Å². The molecule has 2 aliphatic heterocycles. The van der Waals surface area contributed by atoms with Gasteiger partial charge in [-0.15, -0.1) is 0 Å². The number of fused-ring (bicyclic) bond motifs is 1. The van der Waals surface area contributed by atoms with Crippen molar-refractivity contribution < 1.29 is 0 Å². The highest BCUT2D eigenvalue weighted by atomic mass is 15.5. The van der Waals surface area contributed by atoms with Crippen molar-refractivity contribution in [3.05, 3.63) is 12.3 Å². The molecule has 2 aliphatic rings. The Morgan fingerprint density at radius 3 is 2.26 bits per heavy atom. The Balaban J connectivity index is 2.38. The van der Waals surface area contributed by atoms with Crippen molar-refractivity contribution in [2.75, 3.05) is 6.54 Å². The minimum Gasteiger partial charge on any atom is -0.368 e. The van der Waals surface area contributed by atoms with Crippen molar-refractivity contribution in [2.24, 2.45) is 5.92 Å². The summed E-state index contributed by atoms with van der Waals surface area (Å²) in [5, 5.41) is 0. The average Bonchev–Trinajstić information content (AvgIpc) is 2.83. The van der Waals surface area contributed by atoms with Gasteiger partial charge in [-0.05, 0) is 53.9 Å². The monoisotopic (exact) mass is 264 g/mol. The summed E-state index contributed by atoms with van der Waals surface area (Å²) >= 11 is 0. The first-order valence-corrected chi connectivity index (χ1v) is 7.74. The summed E-state index contributed by atoms with van der Waals surface area (Å²) in [6.07, 6.45) is 1.21. The third-order valence-electron chi connectivity index (χ3n) is 6.25. The van der Waals surface area contributed by atoms with Crippen LogP contribution in [0.25, 0.3) is 0 Å². The molecule has 0 aromatic rings. The van der Waals surface area contributed by atoms with E-state index < -0.39 is 0 Å². The van der Waals surface area contributed by atoms with E-state index in [9.17, 15) is 0 Å². The predicted molar refractivity (Wildman–Crippen MR) is 83.2 cm³/mol. The van der Waals surface area contributed by atoms with Crippen LogP contribution in [0.5, 0.6) is 0 Å². The summed E-state index contributed by atoms with van der Waals surface area (Å²) < 4.78 is 0. The third kappa shape index (κ3) is 1.86. The molecule has 2 heteroatoms. The topological polar surface area (TPSA) is 6.25 Å². The number of nitrogens with zero attached hydrogens (tertiary/aromatic N) is 2. The van der Waals surface area contributed by atoms with Crippen LogP contribution in [0.1, 0.15) is 61.8 Å². The molecule has 0 N–H and O–H groups in total. The lowest BCUT2D eigenvalue weighted by Gasteiger charge is -2.45. The zero-order chi connectivity index (χ0) is 14.8. The van der Waals surface area contributed by atoms with Crippen LogP contribution in [0.3, 0.4) is 0 Å². The fraction of sp³-hybridized carbons (Fsp3) is 0.882. The molecule has 2 nitrogen and oxygen atoms in total. The van der Waals surface area contributed by atoms with Crippen molar-refractivity contribution in [1.29, 1.82) is 0 Å². The van der Waals surface area contributed by atoms with Crippen LogP contribution in [0.15, 0.2) is 12.3 Å². The van der Waals surface area contributed by atoms with E-state index in [1.807, 2.05) is 0 Å². The molecule has 3 atom stereocenters. The van der Waals surface area contributed by atoms with E-state index in [1.165, 1.54) is 12.1 Å². The number of hydrogen-bond acceptors (Lipinski definition) is 2. The Morgan fingerprint density at radius 1 is 1.26 bits per heavy atom. The maximum atomic E-state index is 4.50. The first-order valence-electron chi connectivity index (χ1n) is 7.74. The molecular weight excluding hydrogens is 232 g/mol. The normalized spacial score (nSPS) is 38.2. The van der Waals surface area contributed by atoms with Gasteiger partial charge in [0.15, 0.2) is 0 Å². The van der Waals surface area contributed by atoms with Crippen LogP contribution in [0.2, 0.25) is 0 Å². The van der Waals surface area contributed by atoms with Crippen LogP contribution in [-0.2, 0) is 0 Å². The Hall–Kier alpha value is -0.500. The Labute approximate surface area is 119 Å². The standard InChI is InChI=1S/C17H32N2/c1-12(2)16(7,8)18-11-10-15(5,6)19-14(4)17(19,9)13(18)3/h12,14H,3,10-11H2,1-2,4-9H3. The highest BCUT2D eigenvalue weighted by molar-refractivity contribution is 5.35. The molecule has 19 heavy (non-hydrogen) atoms. The molecule has 0 spiro atoms. The van der Waals surface area contributed by atoms with E-state index >= 15 is 0 Å². The zero-order valence-electron chi connectivity index (χ0n) is 14.2. The summed E-state index contributed by atoms with van der Waals surface area (Å²) in [6, 6.07) is 0.612. The predicted octanol–water partition coefficient (Wildman–Crippen LogP) is 3.88. The molecule has 0 aromatic carbocycles. The molecule has 2 saturated heterocycles. The molecule has 0 amide bonds. The van der Waals surface area contributed by atoms with Gasteiger partial charge in [-0.2, -0.15) is 0 Å². The lowest BCUT2D eigenvalue weighted by Crippen LogP contribution is -2.49. The fourth-order valence-electron chi connectivity index (χ4n) is 3.95. The van der Waals surface area contributed by atoms with E-state index in [-0.39, 0.29) is 16.6 Å². The van der Waals surface area contributed by atoms with E-state index in [1.54, 1.807) is 0 Å². The van der Waals surface area contributed by atoms with Crippen LogP contribution in [0.4, 0.5) is 0 Å². The molecule has 2 fully saturated rings. The van der Waals surface area contributed by atoms with Crippen molar-refractivity contribution in [1.82, 2.24) is 9.80 Å². The molecule has 0 aromatic heterocycles. The van der Waals surface area contributed by atoms with Gasteiger partial charge in [-0.3, -0.25) is 4.90 Å². The largest absolute Gasteiger partial charge is 0.368 e. The summed E-state index contributed by atoms with van der Waals surface area (Å²) in [7, 11) is 0. The number of hydrogen-bond donors (Lipinski definition) is 0. The Morgan fingerprint density at radius 2 is 1.79 bits per heavy atom. The van der Waals surface area contributed by atoms with Crippen LogP contribution < -0.4 is 0 Å². The minimum atomic E-state index is 0.159. The van der Waals surface area contributed by atoms with E-state index in [0.29, 0.717) is 12.0 Å². The summed E-state index contributed by atoms with van der Waals surface area (Å²) in [6.45, 7) is 24.5. The van der Waals surface area contributed by atoms with Gasteiger partial charge in [0.2, 0.25) is 0 Å². The van der Waals surface area contributed by atoms with Gasteiger partial charge in [0.25, 0.3) is 0 Å². The number of rotatable bonds is 2. The zero-order valence-corrected chi connectivity index (χ0v) is 14.2. The second kappa shape index (κ2) is 4.00. The molecule has 3 unspecified atom stereocenters.